The van der Waals surface area contributed by atoms with Crippen LogP contribution in [-0.2, 0) is 16.1 Å². The first-order chi connectivity index (χ1) is 20.9. The quantitative estimate of drug-likeness (QED) is 0.178. The molecule has 5 amide bonds. The van der Waals surface area contributed by atoms with Crippen LogP contribution in [0, 0.1) is 0 Å². The molecule has 1 fully saturated rings. The Morgan fingerprint density at radius 3 is 2.23 bits per heavy atom. The molecule has 4 aromatic carbocycles. The van der Waals surface area contributed by atoms with Gasteiger partial charge < -0.3 is 21.3 Å². The van der Waals surface area contributed by atoms with Crippen molar-refractivity contribution in [3.8, 4) is 0 Å². The minimum Gasteiger partial charge on any atom is -0.380 e. The molecule has 43 heavy (non-hydrogen) atoms. The lowest BCUT2D eigenvalue weighted by molar-refractivity contribution is -0.116. The van der Waals surface area contributed by atoms with Gasteiger partial charge in [-0.25, -0.2) is 9.69 Å². The summed E-state index contributed by atoms with van der Waals surface area (Å²) >= 11 is 0. The van der Waals surface area contributed by atoms with E-state index in [1.165, 1.54) is 0 Å². The summed E-state index contributed by atoms with van der Waals surface area (Å²) in [5.41, 5.74) is 6.03. The van der Waals surface area contributed by atoms with Crippen LogP contribution in [0.25, 0.3) is 11.3 Å². The van der Waals surface area contributed by atoms with E-state index in [1.54, 1.807) is 30.3 Å². The van der Waals surface area contributed by atoms with Gasteiger partial charge in [0.2, 0.25) is 0 Å². The zero-order valence-electron chi connectivity index (χ0n) is 23.4. The Morgan fingerprint density at radius 1 is 0.860 bits per heavy atom. The number of benzene rings is 4. The van der Waals surface area contributed by atoms with Gasteiger partial charge in [-0.2, -0.15) is 0 Å². The van der Waals surface area contributed by atoms with Gasteiger partial charge in [0, 0.05) is 23.4 Å². The van der Waals surface area contributed by atoms with E-state index in [0.717, 1.165) is 21.6 Å². The third kappa shape index (κ3) is 5.60. The summed E-state index contributed by atoms with van der Waals surface area (Å²) < 4.78 is 0. The van der Waals surface area contributed by atoms with Crippen molar-refractivity contribution in [1.82, 2.24) is 16.0 Å². The number of nitrogens with one attached hydrogen (secondary N) is 4. The van der Waals surface area contributed by atoms with Crippen LogP contribution in [0.2, 0.25) is 0 Å². The molecule has 4 aromatic rings. The molecule has 6 rings (SSSR count). The fraction of sp³-hybridized carbons (Fsp3) is 0.118. The molecule has 9 nitrogen and oxygen atoms in total. The third-order valence-corrected chi connectivity index (χ3v) is 7.49. The number of carbonyl (C=O) groups is 4. The summed E-state index contributed by atoms with van der Waals surface area (Å²) in [6.45, 7) is 2.30. The summed E-state index contributed by atoms with van der Waals surface area (Å²) in [4.78, 5) is 51.6. The van der Waals surface area contributed by atoms with Gasteiger partial charge in [-0.05, 0) is 47.9 Å². The first-order valence-electron chi connectivity index (χ1n) is 13.9. The lowest BCUT2D eigenvalue weighted by Crippen LogP contribution is -2.30. The molecule has 2 heterocycles. The highest BCUT2D eigenvalue weighted by atomic mass is 16.2. The van der Waals surface area contributed by atoms with Crippen molar-refractivity contribution >= 4 is 46.4 Å². The Morgan fingerprint density at radius 2 is 1.56 bits per heavy atom. The summed E-state index contributed by atoms with van der Waals surface area (Å²) in [6, 6.07) is 31.0. The zero-order chi connectivity index (χ0) is 29.9. The molecule has 9 heteroatoms. The summed E-state index contributed by atoms with van der Waals surface area (Å²) in [6.07, 6.45) is 0. The molecule has 0 bridgehead atoms. The standard InChI is InChI=1S/C34H29N5O4/c1-21(23-8-4-2-5-9-23)37-32(41)25-14-17-27-28(18-25)38-33(42)30(27)31(24-10-6-3-7-11-24)35-19-22-12-15-26(16-13-22)39-29(40)20-36-34(39)43/h2-18,21,35H,19-20H2,1H3,(H,36,43)(H,37,41)(H,38,42)/b31-30-/t21-/m1/s1. The van der Waals surface area contributed by atoms with Gasteiger partial charge >= 0.3 is 6.03 Å². The third-order valence-electron chi connectivity index (χ3n) is 7.49. The number of nitrogens with zero attached hydrogens (tertiary/aromatic N) is 1. The molecule has 0 aromatic heterocycles. The number of hydrogen-bond donors (Lipinski definition) is 4. The highest BCUT2D eigenvalue weighted by Crippen LogP contribution is 2.37. The Balaban J connectivity index is 1.26. The number of rotatable bonds is 8. The molecule has 1 saturated heterocycles. The zero-order valence-corrected chi connectivity index (χ0v) is 23.4. The van der Waals surface area contributed by atoms with Crippen molar-refractivity contribution in [2.24, 2.45) is 0 Å². The van der Waals surface area contributed by atoms with Crippen molar-refractivity contribution in [2.45, 2.75) is 19.5 Å². The van der Waals surface area contributed by atoms with Crippen LogP contribution in [0.5, 0.6) is 0 Å². The van der Waals surface area contributed by atoms with Crippen LogP contribution in [0.15, 0.2) is 103 Å². The van der Waals surface area contributed by atoms with Crippen LogP contribution in [-0.4, -0.2) is 30.3 Å². The van der Waals surface area contributed by atoms with Gasteiger partial charge in [0.25, 0.3) is 17.7 Å². The molecule has 214 valence electrons. The molecule has 0 radical (unpaired) electrons. The van der Waals surface area contributed by atoms with Gasteiger partial charge in [0.05, 0.1) is 29.5 Å². The minimum absolute atomic E-state index is 0.0152. The monoisotopic (exact) mass is 571 g/mol. The number of amides is 5. The Hall–Kier alpha value is -5.70. The van der Waals surface area contributed by atoms with E-state index in [0.29, 0.717) is 40.3 Å². The average molecular weight is 572 g/mol. The maximum Gasteiger partial charge on any atom is 0.329 e. The van der Waals surface area contributed by atoms with Gasteiger partial charge in [-0.3, -0.25) is 14.4 Å². The van der Waals surface area contributed by atoms with Gasteiger partial charge in [0.15, 0.2) is 0 Å². The van der Waals surface area contributed by atoms with Crippen LogP contribution in [0.3, 0.4) is 0 Å². The first-order valence-corrected chi connectivity index (χ1v) is 13.9. The number of carbonyl (C=O) groups excluding carboxylic acids is 4. The summed E-state index contributed by atoms with van der Waals surface area (Å²) in [5.74, 6) is -0.807. The smallest absolute Gasteiger partial charge is 0.329 e. The highest BCUT2D eigenvalue weighted by Gasteiger charge is 2.31. The molecule has 0 aliphatic carbocycles. The molecular weight excluding hydrogens is 542 g/mol. The maximum absolute atomic E-state index is 13.4. The predicted molar refractivity (Wildman–Crippen MR) is 165 cm³/mol. The Bertz CT molecular complexity index is 1740. The molecule has 2 aliphatic heterocycles. The van der Waals surface area contributed by atoms with Crippen molar-refractivity contribution < 1.29 is 19.2 Å². The summed E-state index contributed by atoms with van der Waals surface area (Å²) in [7, 11) is 0. The highest BCUT2D eigenvalue weighted by molar-refractivity contribution is 6.36. The molecule has 0 saturated carbocycles. The second kappa shape index (κ2) is 11.7. The van der Waals surface area contributed by atoms with E-state index in [4.69, 9.17) is 0 Å². The molecule has 1 atom stereocenters. The normalized spacial score (nSPS) is 15.8. The van der Waals surface area contributed by atoms with Crippen LogP contribution < -0.4 is 26.2 Å². The number of hydrogen-bond acceptors (Lipinski definition) is 5. The second-order valence-electron chi connectivity index (χ2n) is 10.3. The number of fused-ring (bicyclic) bond motifs is 1. The SMILES string of the molecule is C[C@@H](NC(=O)c1ccc2c(c1)NC(=O)/C2=C(\NCc1ccc(N2C(=O)CNC2=O)cc1)c1ccccc1)c1ccccc1. The fourth-order valence-electron chi connectivity index (χ4n) is 5.24. The van der Waals surface area contributed by atoms with Crippen LogP contribution >= 0.6 is 0 Å². The van der Waals surface area contributed by atoms with Crippen molar-refractivity contribution in [2.75, 3.05) is 16.8 Å². The fourth-order valence-corrected chi connectivity index (χ4v) is 5.24. The molecule has 0 spiro atoms. The number of anilines is 2. The van der Waals surface area contributed by atoms with Crippen LogP contribution in [0.4, 0.5) is 16.2 Å². The van der Waals surface area contributed by atoms with Crippen molar-refractivity contribution in [1.29, 1.82) is 0 Å². The molecule has 4 N–H and O–H groups in total. The van der Waals surface area contributed by atoms with E-state index >= 15 is 0 Å². The topological polar surface area (TPSA) is 120 Å². The van der Waals surface area contributed by atoms with Crippen molar-refractivity contribution in [3.63, 3.8) is 0 Å². The second-order valence-corrected chi connectivity index (χ2v) is 10.3. The number of urea groups is 1. The van der Waals surface area contributed by atoms with Gasteiger partial charge in [-0.15, -0.1) is 0 Å². The van der Waals surface area contributed by atoms with E-state index < -0.39 is 6.03 Å². The maximum atomic E-state index is 13.4. The van der Waals surface area contributed by atoms with Gasteiger partial charge in [-0.1, -0.05) is 78.9 Å². The predicted octanol–water partition coefficient (Wildman–Crippen LogP) is 4.84. The van der Waals surface area contributed by atoms with Gasteiger partial charge in [0.1, 0.15) is 0 Å². The Labute approximate surface area is 248 Å². The Kier molecular flexibility index (Phi) is 7.44. The van der Waals surface area contributed by atoms with Crippen LogP contribution in [0.1, 0.15) is 45.6 Å². The summed E-state index contributed by atoms with van der Waals surface area (Å²) in [5, 5.41) is 11.9. The molecule has 2 aliphatic rings. The van der Waals surface area contributed by atoms with E-state index in [-0.39, 0.29) is 30.3 Å². The van der Waals surface area contributed by atoms with E-state index in [9.17, 15) is 19.2 Å². The van der Waals surface area contributed by atoms with E-state index in [1.807, 2.05) is 79.7 Å². The average Bonchev–Trinajstić information content (AvgIpc) is 3.55. The lowest BCUT2D eigenvalue weighted by Gasteiger charge is -2.16. The molecule has 0 unspecified atom stereocenters. The van der Waals surface area contributed by atoms with Crippen molar-refractivity contribution in [3.05, 3.63) is 131 Å². The largest absolute Gasteiger partial charge is 0.380 e. The minimum atomic E-state index is -0.441. The lowest BCUT2D eigenvalue weighted by atomic mass is 9.98. The molecular formula is C34H29N5O4. The van der Waals surface area contributed by atoms with E-state index in [2.05, 4.69) is 21.3 Å². The first kappa shape index (κ1) is 27.5. The number of imide groups is 1.